The SMILES string of the molecule is CCOC(=O)c1cnc2nc(C(F)(F)F)nn2c1C. The summed E-state index contributed by atoms with van der Waals surface area (Å²) in [6.07, 6.45) is -3.54. The molecule has 0 aliphatic rings. The molecule has 0 spiro atoms. The fraction of sp³-hybridized carbons (Fsp3) is 0.400. The Morgan fingerprint density at radius 1 is 1.47 bits per heavy atom. The zero-order valence-corrected chi connectivity index (χ0v) is 10.0. The molecule has 0 aromatic carbocycles. The third-order valence-corrected chi connectivity index (χ3v) is 2.36. The summed E-state index contributed by atoms with van der Waals surface area (Å²) in [5.41, 5.74) is 0.236. The van der Waals surface area contributed by atoms with Gasteiger partial charge in [-0.1, -0.05) is 0 Å². The molecule has 0 unspecified atom stereocenters. The maximum Gasteiger partial charge on any atom is 0.453 e. The van der Waals surface area contributed by atoms with Crippen molar-refractivity contribution in [3.8, 4) is 0 Å². The minimum absolute atomic E-state index is 0.0491. The number of carbonyl (C=O) groups is 1. The van der Waals surface area contributed by atoms with Crippen molar-refractivity contribution in [3.05, 3.63) is 23.3 Å². The van der Waals surface area contributed by atoms with Crippen LogP contribution in [-0.4, -0.2) is 32.2 Å². The minimum atomic E-state index is -4.66. The predicted molar refractivity (Wildman–Crippen MR) is 56.5 cm³/mol. The van der Waals surface area contributed by atoms with Gasteiger partial charge in [0.1, 0.15) is 0 Å². The van der Waals surface area contributed by atoms with E-state index in [9.17, 15) is 18.0 Å². The Morgan fingerprint density at radius 2 is 2.16 bits per heavy atom. The number of rotatable bonds is 2. The molecule has 0 aliphatic heterocycles. The Bertz CT molecular complexity index is 635. The summed E-state index contributed by atoms with van der Waals surface area (Å²) in [5.74, 6) is -2.19. The molecular formula is C10H9F3N4O2. The fourth-order valence-electron chi connectivity index (χ4n) is 1.47. The number of alkyl halides is 3. The summed E-state index contributed by atoms with van der Waals surface area (Å²) in [6, 6.07) is 0. The Hall–Kier alpha value is -2.19. The van der Waals surface area contributed by atoms with Crippen LogP contribution in [0.5, 0.6) is 0 Å². The van der Waals surface area contributed by atoms with Crippen LogP contribution in [0.25, 0.3) is 5.78 Å². The second-order valence-corrected chi connectivity index (χ2v) is 3.62. The second kappa shape index (κ2) is 4.48. The molecular weight excluding hydrogens is 265 g/mol. The number of halogens is 3. The van der Waals surface area contributed by atoms with Crippen LogP contribution in [0.4, 0.5) is 13.2 Å². The van der Waals surface area contributed by atoms with Crippen molar-refractivity contribution in [1.82, 2.24) is 19.6 Å². The van der Waals surface area contributed by atoms with Gasteiger partial charge < -0.3 is 4.74 Å². The number of esters is 1. The monoisotopic (exact) mass is 274 g/mol. The number of hydrogen-bond donors (Lipinski definition) is 0. The summed E-state index contributed by atoms with van der Waals surface area (Å²) >= 11 is 0. The summed E-state index contributed by atoms with van der Waals surface area (Å²) in [4.78, 5) is 18.5. The summed E-state index contributed by atoms with van der Waals surface area (Å²) < 4.78 is 43.1. The average molecular weight is 274 g/mol. The van der Waals surface area contributed by atoms with Crippen molar-refractivity contribution in [2.24, 2.45) is 0 Å². The molecule has 0 saturated carbocycles. The number of nitrogens with zero attached hydrogens (tertiary/aromatic N) is 4. The number of carbonyl (C=O) groups excluding carboxylic acids is 1. The standard InChI is InChI=1S/C10H9F3N4O2/c1-3-19-7(18)6-4-14-9-15-8(10(11,12)13)16-17(9)5(6)2/h4H,3H2,1-2H3. The molecule has 0 fully saturated rings. The Balaban J connectivity index is 2.56. The number of aryl methyl sites for hydroxylation is 1. The van der Waals surface area contributed by atoms with E-state index in [1.807, 2.05) is 0 Å². The van der Waals surface area contributed by atoms with Crippen molar-refractivity contribution < 1.29 is 22.7 Å². The molecule has 2 aromatic heterocycles. The molecule has 0 bridgehead atoms. The molecule has 2 heterocycles. The van der Waals surface area contributed by atoms with E-state index in [4.69, 9.17) is 4.74 Å². The van der Waals surface area contributed by atoms with Gasteiger partial charge in [-0.15, -0.1) is 5.10 Å². The number of aromatic nitrogens is 4. The highest BCUT2D eigenvalue weighted by Gasteiger charge is 2.36. The van der Waals surface area contributed by atoms with Crippen LogP contribution in [0.15, 0.2) is 6.20 Å². The first-order valence-corrected chi connectivity index (χ1v) is 5.31. The Kier molecular flexibility index (Phi) is 3.13. The van der Waals surface area contributed by atoms with Crippen molar-refractivity contribution in [2.75, 3.05) is 6.61 Å². The van der Waals surface area contributed by atoms with E-state index >= 15 is 0 Å². The molecule has 0 atom stereocenters. The Morgan fingerprint density at radius 3 is 2.74 bits per heavy atom. The van der Waals surface area contributed by atoms with Gasteiger partial charge in [-0.3, -0.25) is 0 Å². The molecule has 0 saturated heterocycles. The van der Waals surface area contributed by atoms with Crippen LogP contribution in [0.1, 0.15) is 28.8 Å². The third kappa shape index (κ3) is 2.35. The minimum Gasteiger partial charge on any atom is -0.462 e. The summed E-state index contributed by atoms with van der Waals surface area (Å²) in [7, 11) is 0. The smallest absolute Gasteiger partial charge is 0.453 e. The molecule has 0 radical (unpaired) electrons. The van der Waals surface area contributed by atoms with Crippen molar-refractivity contribution in [2.45, 2.75) is 20.0 Å². The fourth-order valence-corrected chi connectivity index (χ4v) is 1.47. The molecule has 2 rings (SSSR count). The number of hydrogen-bond acceptors (Lipinski definition) is 5. The van der Waals surface area contributed by atoms with Gasteiger partial charge in [0.2, 0.25) is 0 Å². The molecule has 9 heteroatoms. The van der Waals surface area contributed by atoms with Gasteiger partial charge in [-0.05, 0) is 13.8 Å². The van der Waals surface area contributed by atoms with E-state index in [-0.39, 0.29) is 23.6 Å². The highest BCUT2D eigenvalue weighted by atomic mass is 19.4. The predicted octanol–water partition coefficient (Wildman–Crippen LogP) is 1.63. The molecule has 6 nitrogen and oxygen atoms in total. The molecule has 0 N–H and O–H groups in total. The summed E-state index contributed by atoms with van der Waals surface area (Å²) in [6.45, 7) is 3.22. The molecule has 0 amide bonds. The van der Waals surface area contributed by atoms with Crippen LogP contribution in [0.2, 0.25) is 0 Å². The van der Waals surface area contributed by atoms with Gasteiger partial charge in [-0.2, -0.15) is 18.2 Å². The normalized spacial score (nSPS) is 11.8. The van der Waals surface area contributed by atoms with Crippen molar-refractivity contribution in [1.29, 1.82) is 0 Å². The van der Waals surface area contributed by atoms with E-state index in [1.165, 1.54) is 6.92 Å². The van der Waals surface area contributed by atoms with Crippen LogP contribution in [0, 0.1) is 6.92 Å². The lowest BCUT2D eigenvalue weighted by molar-refractivity contribution is -0.144. The zero-order valence-electron chi connectivity index (χ0n) is 10.0. The van der Waals surface area contributed by atoms with Gasteiger partial charge in [0.25, 0.3) is 11.6 Å². The molecule has 102 valence electrons. The van der Waals surface area contributed by atoms with E-state index in [2.05, 4.69) is 15.1 Å². The lowest BCUT2D eigenvalue weighted by Gasteiger charge is -2.05. The van der Waals surface area contributed by atoms with Gasteiger partial charge >= 0.3 is 12.1 Å². The number of ether oxygens (including phenoxy) is 1. The molecule has 19 heavy (non-hydrogen) atoms. The van der Waals surface area contributed by atoms with Crippen molar-refractivity contribution >= 4 is 11.7 Å². The van der Waals surface area contributed by atoms with Crippen LogP contribution in [-0.2, 0) is 10.9 Å². The molecule has 2 aromatic rings. The first-order chi connectivity index (χ1) is 8.84. The van der Waals surface area contributed by atoms with E-state index in [0.29, 0.717) is 0 Å². The van der Waals surface area contributed by atoms with Gasteiger partial charge in [0, 0.05) is 6.20 Å². The first-order valence-electron chi connectivity index (χ1n) is 5.31. The topological polar surface area (TPSA) is 69.4 Å². The maximum atomic E-state index is 12.5. The van der Waals surface area contributed by atoms with Gasteiger partial charge in [0.05, 0.1) is 17.9 Å². The zero-order chi connectivity index (χ0) is 14.2. The highest BCUT2D eigenvalue weighted by molar-refractivity contribution is 5.90. The quantitative estimate of drug-likeness (QED) is 0.778. The van der Waals surface area contributed by atoms with E-state index in [1.54, 1.807) is 6.92 Å². The van der Waals surface area contributed by atoms with E-state index in [0.717, 1.165) is 10.7 Å². The van der Waals surface area contributed by atoms with Crippen molar-refractivity contribution in [3.63, 3.8) is 0 Å². The second-order valence-electron chi connectivity index (χ2n) is 3.62. The first kappa shape index (κ1) is 13.2. The third-order valence-electron chi connectivity index (χ3n) is 2.36. The van der Waals surface area contributed by atoms with Crippen LogP contribution >= 0.6 is 0 Å². The van der Waals surface area contributed by atoms with Crippen LogP contribution < -0.4 is 0 Å². The lowest BCUT2D eigenvalue weighted by atomic mass is 10.2. The van der Waals surface area contributed by atoms with Crippen LogP contribution in [0.3, 0.4) is 0 Å². The maximum absolute atomic E-state index is 12.5. The Labute approximate surface area is 105 Å². The summed E-state index contributed by atoms with van der Waals surface area (Å²) in [5, 5.41) is 3.30. The highest BCUT2D eigenvalue weighted by Crippen LogP contribution is 2.26. The van der Waals surface area contributed by atoms with Gasteiger partial charge in [-0.25, -0.2) is 14.3 Å². The lowest BCUT2D eigenvalue weighted by Crippen LogP contribution is -2.11. The average Bonchev–Trinajstić information content (AvgIpc) is 2.74. The number of fused-ring (bicyclic) bond motifs is 1. The molecule has 0 aliphatic carbocycles. The van der Waals surface area contributed by atoms with Gasteiger partial charge in [0.15, 0.2) is 0 Å². The van der Waals surface area contributed by atoms with E-state index < -0.39 is 18.0 Å². The largest absolute Gasteiger partial charge is 0.462 e.